The van der Waals surface area contributed by atoms with Gasteiger partial charge in [0.1, 0.15) is 0 Å². The highest BCUT2D eigenvalue weighted by molar-refractivity contribution is 6.37. The van der Waals surface area contributed by atoms with E-state index in [4.69, 9.17) is 23.2 Å². The van der Waals surface area contributed by atoms with Gasteiger partial charge in [-0.1, -0.05) is 29.3 Å². The highest BCUT2D eigenvalue weighted by Gasteiger charge is 2.01. The molecule has 0 saturated carbocycles. The van der Waals surface area contributed by atoms with Crippen LogP contribution >= 0.6 is 23.2 Å². The molecule has 0 N–H and O–H groups in total. The lowest BCUT2D eigenvalue weighted by atomic mass is 10.2. The van der Waals surface area contributed by atoms with Crippen LogP contribution in [0.15, 0.2) is 36.5 Å². The molecule has 2 aromatic rings. The normalized spacial score (nSPS) is 10.9. The highest BCUT2D eigenvalue weighted by atomic mass is 35.5. The summed E-state index contributed by atoms with van der Waals surface area (Å²) in [6.07, 6.45) is 5.60. The summed E-state index contributed by atoms with van der Waals surface area (Å²) in [4.78, 5) is 6.37. The van der Waals surface area contributed by atoms with E-state index in [2.05, 4.69) is 4.98 Å². The van der Waals surface area contributed by atoms with Crippen molar-refractivity contribution in [3.8, 4) is 0 Å². The third-order valence-electron chi connectivity index (χ3n) is 2.71. The van der Waals surface area contributed by atoms with Gasteiger partial charge in [-0.25, -0.2) is 0 Å². The fourth-order valence-corrected chi connectivity index (χ4v) is 2.12. The van der Waals surface area contributed by atoms with E-state index < -0.39 is 0 Å². The summed E-state index contributed by atoms with van der Waals surface area (Å²) in [5.41, 5.74) is 2.74. The SMILES string of the molecule is CN(C)c1ccc(/C=C/c2c(Cl)cccc2Cl)nc1. The van der Waals surface area contributed by atoms with E-state index in [1.165, 1.54) is 0 Å². The fraction of sp³-hybridized carbons (Fsp3) is 0.133. The molecular weight excluding hydrogens is 279 g/mol. The van der Waals surface area contributed by atoms with E-state index in [1.54, 1.807) is 0 Å². The average Bonchev–Trinajstić information content (AvgIpc) is 2.38. The summed E-state index contributed by atoms with van der Waals surface area (Å²) < 4.78 is 0. The van der Waals surface area contributed by atoms with Gasteiger partial charge >= 0.3 is 0 Å². The maximum absolute atomic E-state index is 6.10. The van der Waals surface area contributed by atoms with Gasteiger partial charge in [0, 0.05) is 29.7 Å². The predicted octanol–water partition coefficient (Wildman–Crippen LogP) is 4.62. The topological polar surface area (TPSA) is 16.1 Å². The third-order valence-corrected chi connectivity index (χ3v) is 3.37. The largest absolute Gasteiger partial charge is 0.376 e. The Labute approximate surface area is 123 Å². The molecule has 0 saturated heterocycles. The van der Waals surface area contributed by atoms with Crippen molar-refractivity contribution in [3.63, 3.8) is 0 Å². The summed E-state index contributed by atoms with van der Waals surface area (Å²) >= 11 is 12.2. The molecule has 0 spiro atoms. The number of halogens is 2. The fourth-order valence-electron chi connectivity index (χ4n) is 1.60. The van der Waals surface area contributed by atoms with Crippen LogP contribution in [0.3, 0.4) is 0 Å². The Bertz CT molecular complexity index is 569. The minimum atomic E-state index is 0.633. The van der Waals surface area contributed by atoms with Gasteiger partial charge in [-0.3, -0.25) is 4.98 Å². The van der Waals surface area contributed by atoms with Crippen molar-refractivity contribution < 1.29 is 0 Å². The quantitative estimate of drug-likeness (QED) is 0.820. The van der Waals surface area contributed by atoms with Gasteiger partial charge in [-0.2, -0.15) is 0 Å². The first-order chi connectivity index (χ1) is 9.08. The van der Waals surface area contributed by atoms with Gasteiger partial charge in [0.2, 0.25) is 0 Å². The number of rotatable bonds is 3. The number of hydrogen-bond donors (Lipinski definition) is 0. The lowest BCUT2D eigenvalue weighted by Gasteiger charge is -2.11. The standard InChI is InChI=1S/C15H14Cl2N2/c1-19(2)12-8-6-11(18-10-12)7-9-13-14(16)4-3-5-15(13)17/h3-10H,1-2H3/b9-7+. The molecule has 1 heterocycles. The number of benzene rings is 1. The van der Waals surface area contributed by atoms with E-state index in [9.17, 15) is 0 Å². The molecular formula is C15H14Cl2N2. The summed E-state index contributed by atoms with van der Waals surface area (Å²) in [5, 5.41) is 1.27. The van der Waals surface area contributed by atoms with Crippen molar-refractivity contribution in [2.75, 3.05) is 19.0 Å². The smallest absolute Gasteiger partial charge is 0.0631 e. The number of pyridine rings is 1. The molecule has 0 aliphatic carbocycles. The molecule has 2 nitrogen and oxygen atoms in total. The zero-order chi connectivity index (χ0) is 13.8. The minimum absolute atomic E-state index is 0.633. The second-order valence-electron chi connectivity index (χ2n) is 4.30. The van der Waals surface area contributed by atoms with E-state index in [1.807, 2.05) is 67.7 Å². The molecule has 0 unspecified atom stereocenters. The van der Waals surface area contributed by atoms with Crippen LogP contribution in [0.1, 0.15) is 11.3 Å². The van der Waals surface area contributed by atoms with Crippen LogP contribution in [0, 0.1) is 0 Å². The van der Waals surface area contributed by atoms with Crippen LogP contribution in [0.5, 0.6) is 0 Å². The predicted molar refractivity (Wildman–Crippen MR) is 84.0 cm³/mol. The second kappa shape index (κ2) is 6.09. The molecule has 1 aromatic carbocycles. The van der Waals surface area contributed by atoms with Gasteiger partial charge < -0.3 is 4.90 Å². The maximum Gasteiger partial charge on any atom is 0.0631 e. The first kappa shape index (κ1) is 13.9. The van der Waals surface area contributed by atoms with E-state index in [0.717, 1.165) is 16.9 Å². The molecule has 0 atom stereocenters. The van der Waals surface area contributed by atoms with Gasteiger partial charge in [0.15, 0.2) is 0 Å². The minimum Gasteiger partial charge on any atom is -0.376 e. The van der Waals surface area contributed by atoms with Crippen LogP contribution in [0.4, 0.5) is 5.69 Å². The highest BCUT2D eigenvalue weighted by Crippen LogP contribution is 2.26. The number of anilines is 1. The average molecular weight is 293 g/mol. The molecule has 98 valence electrons. The third kappa shape index (κ3) is 3.49. The molecule has 0 aliphatic rings. The van der Waals surface area contributed by atoms with Gasteiger partial charge in [-0.05, 0) is 36.4 Å². The lowest BCUT2D eigenvalue weighted by Crippen LogP contribution is -2.08. The monoisotopic (exact) mass is 292 g/mol. The van der Waals surface area contributed by atoms with Crippen LogP contribution in [-0.2, 0) is 0 Å². The van der Waals surface area contributed by atoms with Crippen LogP contribution < -0.4 is 4.90 Å². The first-order valence-electron chi connectivity index (χ1n) is 5.83. The summed E-state index contributed by atoms with van der Waals surface area (Å²) in [5.74, 6) is 0. The Hall–Kier alpha value is -1.51. The molecule has 0 fully saturated rings. The second-order valence-corrected chi connectivity index (χ2v) is 5.12. The molecule has 4 heteroatoms. The van der Waals surface area contributed by atoms with Crippen molar-refractivity contribution >= 4 is 41.0 Å². The van der Waals surface area contributed by atoms with Crippen LogP contribution in [-0.4, -0.2) is 19.1 Å². The van der Waals surface area contributed by atoms with Crippen LogP contribution in [0.2, 0.25) is 10.0 Å². The molecule has 0 radical (unpaired) electrons. The number of nitrogens with zero attached hydrogens (tertiary/aromatic N) is 2. The Morgan fingerprint density at radius 1 is 1.00 bits per heavy atom. The Balaban J connectivity index is 2.23. The van der Waals surface area contributed by atoms with Crippen molar-refractivity contribution in [2.45, 2.75) is 0 Å². The van der Waals surface area contributed by atoms with Crippen molar-refractivity contribution in [3.05, 3.63) is 57.8 Å². The van der Waals surface area contributed by atoms with E-state index in [-0.39, 0.29) is 0 Å². The Morgan fingerprint density at radius 2 is 1.68 bits per heavy atom. The number of hydrogen-bond acceptors (Lipinski definition) is 2. The van der Waals surface area contributed by atoms with Gasteiger partial charge in [0.05, 0.1) is 17.6 Å². The Morgan fingerprint density at radius 3 is 2.21 bits per heavy atom. The van der Waals surface area contributed by atoms with Gasteiger partial charge in [0.25, 0.3) is 0 Å². The van der Waals surface area contributed by atoms with Crippen molar-refractivity contribution in [1.82, 2.24) is 4.98 Å². The molecule has 0 aliphatic heterocycles. The summed E-state index contributed by atoms with van der Waals surface area (Å²) in [7, 11) is 3.96. The molecule has 2 rings (SSSR count). The van der Waals surface area contributed by atoms with E-state index in [0.29, 0.717) is 10.0 Å². The molecule has 19 heavy (non-hydrogen) atoms. The summed E-state index contributed by atoms with van der Waals surface area (Å²) in [6.45, 7) is 0. The molecule has 1 aromatic heterocycles. The maximum atomic E-state index is 6.10. The molecule has 0 bridgehead atoms. The summed E-state index contributed by atoms with van der Waals surface area (Å²) in [6, 6.07) is 9.43. The Kier molecular flexibility index (Phi) is 4.46. The first-order valence-corrected chi connectivity index (χ1v) is 6.59. The van der Waals surface area contributed by atoms with Crippen molar-refractivity contribution in [2.24, 2.45) is 0 Å². The van der Waals surface area contributed by atoms with Gasteiger partial charge in [-0.15, -0.1) is 0 Å². The van der Waals surface area contributed by atoms with E-state index >= 15 is 0 Å². The number of aromatic nitrogens is 1. The van der Waals surface area contributed by atoms with Crippen LogP contribution in [0.25, 0.3) is 12.2 Å². The zero-order valence-corrected chi connectivity index (χ0v) is 12.3. The molecule has 0 amide bonds. The lowest BCUT2D eigenvalue weighted by molar-refractivity contribution is 1.11. The van der Waals surface area contributed by atoms with Crippen molar-refractivity contribution in [1.29, 1.82) is 0 Å². The zero-order valence-electron chi connectivity index (χ0n) is 10.8.